The first-order valence-electron chi connectivity index (χ1n) is 7.48. The highest BCUT2D eigenvalue weighted by Crippen LogP contribution is 2.29. The third-order valence-corrected chi connectivity index (χ3v) is 6.18. The lowest BCUT2D eigenvalue weighted by molar-refractivity contribution is 0.0262. The summed E-state index contributed by atoms with van der Waals surface area (Å²) in [5, 5.41) is 0. The van der Waals surface area contributed by atoms with Crippen LogP contribution in [-0.2, 0) is 14.9 Å². The second-order valence-corrected chi connectivity index (χ2v) is 8.08. The summed E-state index contributed by atoms with van der Waals surface area (Å²) in [4.78, 5) is 0. The molecule has 6 nitrogen and oxygen atoms in total. The fourth-order valence-electron chi connectivity index (χ4n) is 2.78. The van der Waals surface area contributed by atoms with Gasteiger partial charge in [0.2, 0.25) is 0 Å². The molecule has 0 aliphatic carbocycles. The Kier molecular flexibility index (Phi) is 5.42. The Labute approximate surface area is 122 Å². The van der Waals surface area contributed by atoms with Crippen molar-refractivity contribution in [2.45, 2.75) is 32.6 Å². The standard InChI is InChI=1S/C13H27N3O3S/c1-13(4-8-19-9-5-13)11-15-20(17,18)16-6-2-12(10-14)3-7-16/h12,15H,2-11,14H2,1H3. The quantitative estimate of drug-likeness (QED) is 0.765. The minimum Gasteiger partial charge on any atom is -0.381 e. The fraction of sp³-hybridized carbons (Fsp3) is 1.00. The number of nitrogens with one attached hydrogen (secondary N) is 1. The van der Waals surface area contributed by atoms with E-state index in [-0.39, 0.29) is 5.41 Å². The smallest absolute Gasteiger partial charge is 0.279 e. The first-order chi connectivity index (χ1) is 9.45. The number of hydrogen-bond acceptors (Lipinski definition) is 4. The van der Waals surface area contributed by atoms with E-state index in [1.54, 1.807) is 4.31 Å². The van der Waals surface area contributed by atoms with Crippen molar-refractivity contribution < 1.29 is 13.2 Å². The number of rotatable bonds is 5. The van der Waals surface area contributed by atoms with Gasteiger partial charge < -0.3 is 10.5 Å². The molecule has 7 heteroatoms. The number of ether oxygens (including phenoxy) is 1. The van der Waals surface area contributed by atoms with Gasteiger partial charge in [0.1, 0.15) is 0 Å². The normalized spacial score (nSPS) is 25.7. The number of nitrogens with two attached hydrogens (primary N) is 1. The van der Waals surface area contributed by atoms with E-state index in [0.717, 1.165) is 38.9 Å². The van der Waals surface area contributed by atoms with E-state index >= 15 is 0 Å². The Balaban J connectivity index is 1.85. The molecule has 2 heterocycles. The predicted octanol–water partition coefficient (Wildman–Crippen LogP) is 0.308. The number of hydrogen-bond donors (Lipinski definition) is 2. The van der Waals surface area contributed by atoms with E-state index in [1.165, 1.54) is 0 Å². The zero-order valence-electron chi connectivity index (χ0n) is 12.3. The van der Waals surface area contributed by atoms with E-state index in [1.807, 2.05) is 0 Å². The van der Waals surface area contributed by atoms with Crippen LogP contribution in [0.4, 0.5) is 0 Å². The molecule has 0 amide bonds. The van der Waals surface area contributed by atoms with Crippen molar-refractivity contribution in [3.8, 4) is 0 Å². The van der Waals surface area contributed by atoms with Crippen molar-refractivity contribution >= 4 is 10.2 Å². The Morgan fingerprint density at radius 2 is 1.90 bits per heavy atom. The fourth-order valence-corrected chi connectivity index (χ4v) is 4.19. The lowest BCUT2D eigenvalue weighted by atomic mass is 9.83. The zero-order valence-corrected chi connectivity index (χ0v) is 13.1. The molecule has 2 rings (SSSR count). The maximum Gasteiger partial charge on any atom is 0.279 e. The maximum absolute atomic E-state index is 12.3. The summed E-state index contributed by atoms with van der Waals surface area (Å²) in [6, 6.07) is 0. The average Bonchev–Trinajstić information content (AvgIpc) is 2.46. The summed E-state index contributed by atoms with van der Waals surface area (Å²) >= 11 is 0. The van der Waals surface area contributed by atoms with Gasteiger partial charge in [0.05, 0.1) is 0 Å². The second kappa shape index (κ2) is 6.70. The molecule has 0 atom stereocenters. The van der Waals surface area contributed by atoms with E-state index in [2.05, 4.69) is 11.6 Å². The molecule has 0 radical (unpaired) electrons. The third kappa shape index (κ3) is 4.14. The molecular weight excluding hydrogens is 278 g/mol. The van der Waals surface area contributed by atoms with Crippen molar-refractivity contribution in [2.75, 3.05) is 39.4 Å². The van der Waals surface area contributed by atoms with Crippen molar-refractivity contribution in [1.29, 1.82) is 0 Å². The van der Waals surface area contributed by atoms with Gasteiger partial charge in [-0.3, -0.25) is 0 Å². The number of piperidine rings is 1. The summed E-state index contributed by atoms with van der Waals surface area (Å²) < 4.78 is 34.3. The summed E-state index contributed by atoms with van der Waals surface area (Å²) in [6.45, 7) is 5.88. The van der Waals surface area contributed by atoms with Crippen LogP contribution >= 0.6 is 0 Å². The molecule has 0 spiro atoms. The van der Waals surface area contributed by atoms with Crippen LogP contribution in [0, 0.1) is 11.3 Å². The van der Waals surface area contributed by atoms with E-state index in [9.17, 15) is 8.42 Å². The van der Waals surface area contributed by atoms with Crippen LogP contribution in [-0.4, -0.2) is 52.1 Å². The van der Waals surface area contributed by atoms with Gasteiger partial charge in [0, 0.05) is 32.8 Å². The molecule has 2 saturated heterocycles. The van der Waals surface area contributed by atoms with Gasteiger partial charge in [0.15, 0.2) is 0 Å². The summed E-state index contributed by atoms with van der Waals surface area (Å²) in [5.41, 5.74) is 5.65. The van der Waals surface area contributed by atoms with Crippen molar-refractivity contribution in [1.82, 2.24) is 9.03 Å². The Hall–Kier alpha value is -0.210. The van der Waals surface area contributed by atoms with Gasteiger partial charge in [0.25, 0.3) is 10.2 Å². The van der Waals surface area contributed by atoms with E-state index in [4.69, 9.17) is 10.5 Å². The van der Waals surface area contributed by atoms with Crippen LogP contribution in [0.1, 0.15) is 32.6 Å². The average molecular weight is 305 g/mol. The van der Waals surface area contributed by atoms with Crippen LogP contribution in [0.5, 0.6) is 0 Å². The van der Waals surface area contributed by atoms with Gasteiger partial charge in [-0.05, 0) is 43.6 Å². The molecule has 118 valence electrons. The van der Waals surface area contributed by atoms with E-state index < -0.39 is 10.2 Å². The molecule has 20 heavy (non-hydrogen) atoms. The summed E-state index contributed by atoms with van der Waals surface area (Å²) in [5.74, 6) is 0.467. The molecule has 0 saturated carbocycles. The molecular formula is C13H27N3O3S. The van der Waals surface area contributed by atoms with Gasteiger partial charge in [-0.25, -0.2) is 4.72 Å². The van der Waals surface area contributed by atoms with Gasteiger partial charge in [-0.1, -0.05) is 6.92 Å². The Morgan fingerprint density at radius 3 is 2.45 bits per heavy atom. The molecule has 2 aliphatic heterocycles. The lowest BCUT2D eigenvalue weighted by Crippen LogP contribution is -2.48. The van der Waals surface area contributed by atoms with Crippen LogP contribution in [0.15, 0.2) is 0 Å². The third-order valence-electron chi connectivity index (χ3n) is 4.63. The first kappa shape index (κ1) is 16.2. The van der Waals surface area contributed by atoms with Gasteiger partial charge in [-0.2, -0.15) is 12.7 Å². The molecule has 3 N–H and O–H groups in total. The van der Waals surface area contributed by atoms with Crippen molar-refractivity contribution in [3.05, 3.63) is 0 Å². The molecule has 0 unspecified atom stereocenters. The molecule has 0 aromatic rings. The highest BCUT2D eigenvalue weighted by molar-refractivity contribution is 7.87. The predicted molar refractivity (Wildman–Crippen MR) is 78.4 cm³/mol. The van der Waals surface area contributed by atoms with Gasteiger partial charge in [-0.15, -0.1) is 0 Å². The SMILES string of the molecule is CC1(CNS(=O)(=O)N2CCC(CN)CC2)CCOCC1. The minimum absolute atomic E-state index is 0.0148. The Morgan fingerprint density at radius 1 is 1.30 bits per heavy atom. The highest BCUT2D eigenvalue weighted by atomic mass is 32.2. The zero-order chi connectivity index (χ0) is 14.6. The van der Waals surface area contributed by atoms with Crippen LogP contribution < -0.4 is 10.5 Å². The summed E-state index contributed by atoms with van der Waals surface area (Å²) in [6.07, 6.45) is 3.54. The second-order valence-electron chi connectivity index (χ2n) is 6.33. The monoisotopic (exact) mass is 305 g/mol. The highest BCUT2D eigenvalue weighted by Gasteiger charge is 2.32. The molecule has 2 aliphatic rings. The molecule has 2 fully saturated rings. The van der Waals surface area contributed by atoms with Crippen molar-refractivity contribution in [3.63, 3.8) is 0 Å². The number of nitrogens with zero attached hydrogens (tertiary/aromatic N) is 1. The van der Waals surface area contributed by atoms with E-state index in [0.29, 0.717) is 32.1 Å². The molecule has 0 bridgehead atoms. The topological polar surface area (TPSA) is 84.7 Å². The largest absolute Gasteiger partial charge is 0.381 e. The molecule has 0 aromatic heterocycles. The first-order valence-corrected chi connectivity index (χ1v) is 8.92. The molecule has 0 aromatic carbocycles. The maximum atomic E-state index is 12.3. The van der Waals surface area contributed by atoms with Crippen LogP contribution in [0.3, 0.4) is 0 Å². The minimum atomic E-state index is -3.35. The Bertz CT molecular complexity index is 399. The van der Waals surface area contributed by atoms with Crippen LogP contribution in [0.2, 0.25) is 0 Å². The summed E-state index contributed by atoms with van der Waals surface area (Å²) in [7, 11) is -3.35. The lowest BCUT2D eigenvalue weighted by Gasteiger charge is -2.35. The van der Waals surface area contributed by atoms with Crippen molar-refractivity contribution in [2.24, 2.45) is 17.1 Å². The van der Waals surface area contributed by atoms with Crippen LogP contribution in [0.25, 0.3) is 0 Å². The van der Waals surface area contributed by atoms with Gasteiger partial charge >= 0.3 is 0 Å².